The number of hydrogen-bond acceptors (Lipinski definition) is 3. The number of rotatable bonds is 4. The summed E-state index contributed by atoms with van der Waals surface area (Å²) >= 11 is 5.96. The Morgan fingerprint density at radius 3 is 2.80 bits per heavy atom. The summed E-state index contributed by atoms with van der Waals surface area (Å²) in [5.74, 6) is 0.585. The van der Waals surface area contributed by atoms with Gasteiger partial charge in [0.15, 0.2) is 11.5 Å². The number of aliphatic imine (C=N–C) groups is 1. The summed E-state index contributed by atoms with van der Waals surface area (Å²) in [7, 11) is 0. The van der Waals surface area contributed by atoms with E-state index in [1.807, 2.05) is 32.0 Å². The summed E-state index contributed by atoms with van der Waals surface area (Å²) in [5.41, 5.74) is 2.73. The lowest BCUT2D eigenvalue weighted by Gasteiger charge is -2.06. The van der Waals surface area contributed by atoms with E-state index in [2.05, 4.69) is 4.99 Å². The zero-order chi connectivity index (χ0) is 14.5. The van der Waals surface area contributed by atoms with E-state index in [-0.39, 0.29) is 5.75 Å². The Morgan fingerprint density at radius 2 is 2.05 bits per heavy atom. The molecule has 2 rings (SSSR count). The summed E-state index contributed by atoms with van der Waals surface area (Å²) in [6.45, 7) is 4.35. The van der Waals surface area contributed by atoms with Gasteiger partial charge in [0.1, 0.15) is 0 Å². The van der Waals surface area contributed by atoms with Crippen LogP contribution in [0.25, 0.3) is 0 Å². The molecule has 2 aromatic carbocycles. The van der Waals surface area contributed by atoms with Crippen LogP contribution >= 0.6 is 11.6 Å². The van der Waals surface area contributed by atoms with Gasteiger partial charge in [0, 0.05) is 11.2 Å². The average Bonchev–Trinajstić information content (AvgIpc) is 2.43. The maximum Gasteiger partial charge on any atom is 0.161 e. The van der Waals surface area contributed by atoms with Gasteiger partial charge < -0.3 is 9.84 Å². The molecule has 0 saturated heterocycles. The van der Waals surface area contributed by atoms with Crippen molar-refractivity contribution in [2.24, 2.45) is 4.99 Å². The fourth-order valence-corrected chi connectivity index (χ4v) is 1.91. The van der Waals surface area contributed by atoms with E-state index in [0.717, 1.165) is 16.8 Å². The maximum absolute atomic E-state index is 9.64. The number of hydrogen-bond donors (Lipinski definition) is 1. The average molecular weight is 290 g/mol. The minimum absolute atomic E-state index is 0.128. The van der Waals surface area contributed by atoms with Crippen molar-refractivity contribution in [2.45, 2.75) is 13.8 Å². The van der Waals surface area contributed by atoms with E-state index in [9.17, 15) is 5.11 Å². The monoisotopic (exact) mass is 289 g/mol. The van der Waals surface area contributed by atoms with Crippen LogP contribution in [0.4, 0.5) is 5.69 Å². The molecule has 0 atom stereocenters. The van der Waals surface area contributed by atoms with Gasteiger partial charge >= 0.3 is 0 Å². The molecule has 0 saturated carbocycles. The lowest BCUT2D eigenvalue weighted by molar-refractivity contribution is 0.318. The zero-order valence-corrected chi connectivity index (χ0v) is 12.2. The van der Waals surface area contributed by atoms with Gasteiger partial charge in [0.25, 0.3) is 0 Å². The third-order valence-electron chi connectivity index (χ3n) is 2.81. The fraction of sp³-hybridized carbons (Fsp3) is 0.188. The van der Waals surface area contributed by atoms with Crippen molar-refractivity contribution < 1.29 is 9.84 Å². The predicted molar refractivity (Wildman–Crippen MR) is 82.7 cm³/mol. The summed E-state index contributed by atoms with van der Waals surface area (Å²) in [5, 5.41) is 10.3. The van der Waals surface area contributed by atoms with Crippen molar-refractivity contribution in [1.82, 2.24) is 0 Å². The highest BCUT2D eigenvalue weighted by Gasteiger charge is 2.02. The number of aryl methyl sites for hydroxylation is 1. The third kappa shape index (κ3) is 3.52. The number of halogens is 1. The van der Waals surface area contributed by atoms with Gasteiger partial charge in [-0.3, -0.25) is 4.99 Å². The van der Waals surface area contributed by atoms with E-state index in [0.29, 0.717) is 17.4 Å². The Bertz CT molecular complexity index is 638. The van der Waals surface area contributed by atoms with E-state index in [4.69, 9.17) is 16.3 Å². The second-order valence-corrected chi connectivity index (χ2v) is 4.79. The van der Waals surface area contributed by atoms with Crippen LogP contribution in [0.3, 0.4) is 0 Å². The molecule has 20 heavy (non-hydrogen) atoms. The molecule has 3 nitrogen and oxygen atoms in total. The molecule has 0 aliphatic heterocycles. The molecular weight excluding hydrogens is 274 g/mol. The number of phenolic OH excluding ortho intramolecular Hbond substituents is 1. The Labute approximate surface area is 123 Å². The molecule has 0 spiro atoms. The lowest BCUT2D eigenvalue weighted by Crippen LogP contribution is -1.93. The number of ether oxygens (including phenoxy) is 1. The molecule has 0 unspecified atom stereocenters. The zero-order valence-electron chi connectivity index (χ0n) is 11.4. The number of benzene rings is 2. The first-order valence-corrected chi connectivity index (χ1v) is 6.74. The second kappa shape index (κ2) is 6.44. The highest BCUT2D eigenvalue weighted by Crippen LogP contribution is 2.27. The molecule has 1 N–H and O–H groups in total. The number of nitrogens with zero attached hydrogens (tertiary/aromatic N) is 1. The number of phenols is 1. The second-order valence-electron chi connectivity index (χ2n) is 4.35. The Hall–Kier alpha value is -2.00. The molecule has 0 fully saturated rings. The van der Waals surface area contributed by atoms with E-state index < -0.39 is 0 Å². The molecule has 2 aromatic rings. The highest BCUT2D eigenvalue weighted by molar-refractivity contribution is 6.30. The molecule has 0 radical (unpaired) electrons. The van der Waals surface area contributed by atoms with Crippen LogP contribution in [-0.2, 0) is 0 Å². The first kappa shape index (κ1) is 14.4. The van der Waals surface area contributed by atoms with Crippen molar-refractivity contribution in [3.05, 3.63) is 52.5 Å². The van der Waals surface area contributed by atoms with Crippen LogP contribution in [0.15, 0.2) is 41.4 Å². The molecule has 4 heteroatoms. The van der Waals surface area contributed by atoms with Crippen molar-refractivity contribution in [3.63, 3.8) is 0 Å². The smallest absolute Gasteiger partial charge is 0.161 e. The quantitative estimate of drug-likeness (QED) is 0.842. The van der Waals surface area contributed by atoms with E-state index >= 15 is 0 Å². The molecule has 0 bridgehead atoms. The first-order chi connectivity index (χ1) is 9.60. The minimum atomic E-state index is 0.128. The van der Waals surface area contributed by atoms with Crippen LogP contribution in [0.2, 0.25) is 5.02 Å². The van der Waals surface area contributed by atoms with Gasteiger partial charge in [-0.25, -0.2) is 0 Å². The molecule has 0 aromatic heterocycles. The SMILES string of the molecule is CCOc1cc(C=Nc2cc(Cl)ccc2C)ccc1O. The first-order valence-electron chi connectivity index (χ1n) is 6.36. The van der Waals surface area contributed by atoms with Gasteiger partial charge in [-0.15, -0.1) is 0 Å². The fourth-order valence-electron chi connectivity index (χ4n) is 1.75. The molecular formula is C16H16ClNO2. The normalized spacial score (nSPS) is 10.9. The molecule has 0 heterocycles. The van der Waals surface area contributed by atoms with Crippen LogP contribution in [0, 0.1) is 6.92 Å². The summed E-state index contributed by atoms with van der Waals surface area (Å²) < 4.78 is 5.34. The summed E-state index contributed by atoms with van der Waals surface area (Å²) in [4.78, 5) is 4.42. The topological polar surface area (TPSA) is 41.8 Å². The van der Waals surface area contributed by atoms with Crippen molar-refractivity contribution in [3.8, 4) is 11.5 Å². The molecule has 0 amide bonds. The van der Waals surface area contributed by atoms with Crippen molar-refractivity contribution >= 4 is 23.5 Å². The lowest BCUT2D eigenvalue weighted by atomic mass is 10.2. The maximum atomic E-state index is 9.64. The minimum Gasteiger partial charge on any atom is -0.504 e. The Balaban J connectivity index is 2.27. The third-order valence-corrected chi connectivity index (χ3v) is 3.04. The largest absolute Gasteiger partial charge is 0.504 e. The van der Waals surface area contributed by atoms with Crippen molar-refractivity contribution in [2.75, 3.05) is 6.61 Å². The predicted octanol–water partition coefficient (Wildman–Crippen LogP) is 4.50. The molecule has 0 aliphatic carbocycles. The molecule has 104 valence electrons. The van der Waals surface area contributed by atoms with Crippen LogP contribution in [-0.4, -0.2) is 17.9 Å². The standard InChI is InChI=1S/C16H16ClNO2/c1-3-20-16-8-12(5-7-15(16)19)10-18-14-9-13(17)6-4-11(14)2/h4-10,19H,3H2,1-2H3. The van der Waals surface area contributed by atoms with Gasteiger partial charge in [-0.05, 0) is 55.3 Å². The van der Waals surface area contributed by atoms with E-state index in [1.54, 1.807) is 24.4 Å². The van der Waals surface area contributed by atoms with Crippen molar-refractivity contribution in [1.29, 1.82) is 0 Å². The van der Waals surface area contributed by atoms with Gasteiger partial charge in [-0.1, -0.05) is 17.7 Å². The van der Waals surface area contributed by atoms with Crippen LogP contribution < -0.4 is 4.74 Å². The van der Waals surface area contributed by atoms with Gasteiger partial charge in [0.05, 0.1) is 12.3 Å². The van der Waals surface area contributed by atoms with Gasteiger partial charge in [-0.2, -0.15) is 0 Å². The van der Waals surface area contributed by atoms with Gasteiger partial charge in [0.2, 0.25) is 0 Å². The van der Waals surface area contributed by atoms with Crippen LogP contribution in [0.1, 0.15) is 18.1 Å². The summed E-state index contributed by atoms with van der Waals surface area (Å²) in [6, 6.07) is 10.7. The number of aromatic hydroxyl groups is 1. The van der Waals surface area contributed by atoms with E-state index in [1.165, 1.54) is 0 Å². The summed E-state index contributed by atoms with van der Waals surface area (Å²) in [6.07, 6.45) is 1.72. The Kier molecular flexibility index (Phi) is 4.64. The van der Waals surface area contributed by atoms with Crippen LogP contribution in [0.5, 0.6) is 11.5 Å². The molecule has 0 aliphatic rings. The highest BCUT2D eigenvalue weighted by atomic mass is 35.5. The Morgan fingerprint density at radius 1 is 1.25 bits per heavy atom.